The molecular formula is C33H42O11. The van der Waals surface area contributed by atoms with Crippen LogP contribution in [0.4, 0.5) is 0 Å². The number of rotatable bonds is 6. The summed E-state index contributed by atoms with van der Waals surface area (Å²) < 4.78 is 42.2. The second-order valence-corrected chi connectivity index (χ2v) is 14.4. The number of allylic oxidation sites excluding steroid dienone is 1. The molecule has 4 aliphatic heterocycles. The lowest BCUT2D eigenvalue weighted by molar-refractivity contribution is -0.497. The molecule has 0 aromatic carbocycles. The van der Waals surface area contributed by atoms with Gasteiger partial charge in [0.15, 0.2) is 12.1 Å². The number of furan rings is 1. The van der Waals surface area contributed by atoms with E-state index in [-0.39, 0.29) is 30.6 Å². The van der Waals surface area contributed by atoms with Gasteiger partial charge < -0.3 is 37.9 Å². The number of cyclic esters (lactones) is 1. The molecule has 5 heterocycles. The number of hydrogen-bond acceptors (Lipinski definition) is 11. The van der Waals surface area contributed by atoms with Crippen molar-refractivity contribution < 1.29 is 52.3 Å². The van der Waals surface area contributed by atoms with Crippen LogP contribution in [0.2, 0.25) is 0 Å². The molecule has 0 amide bonds. The van der Waals surface area contributed by atoms with Gasteiger partial charge in [0.2, 0.25) is 0 Å². The van der Waals surface area contributed by atoms with Gasteiger partial charge in [-0.2, -0.15) is 0 Å². The van der Waals surface area contributed by atoms with E-state index in [0.717, 1.165) is 5.56 Å². The van der Waals surface area contributed by atoms with Gasteiger partial charge in [0.1, 0.15) is 17.8 Å². The molecule has 3 saturated carbocycles. The predicted octanol–water partition coefficient (Wildman–Crippen LogP) is 3.84. The lowest BCUT2D eigenvalue weighted by Crippen LogP contribution is -2.85. The number of hydrogen-bond donors (Lipinski definition) is 1. The highest BCUT2D eigenvalue weighted by Gasteiger charge is 2.93. The van der Waals surface area contributed by atoms with Crippen molar-refractivity contribution in [3.05, 3.63) is 35.8 Å². The highest BCUT2D eigenvalue weighted by Crippen LogP contribution is 2.83. The number of carbonyl (C=O) groups excluding carboxylic acids is 3. The predicted molar refractivity (Wildman–Crippen MR) is 150 cm³/mol. The van der Waals surface area contributed by atoms with Crippen molar-refractivity contribution >= 4 is 17.9 Å². The lowest BCUT2D eigenvalue weighted by atomic mass is 9.34. The summed E-state index contributed by atoms with van der Waals surface area (Å²) in [6.45, 7) is 9.44. The van der Waals surface area contributed by atoms with E-state index < -0.39 is 76.0 Å². The first kappa shape index (κ1) is 30.0. The molecule has 1 N–H and O–H groups in total. The molecule has 1 aromatic heterocycles. The minimum Gasteiger partial charge on any atom is -0.472 e. The second kappa shape index (κ2) is 9.40. The highest BCUT2D eigenvalue weighted by molar-refractivity contribution is 5.87. The Morgan fingerprint density at radius 1 is 1.16 bits per heavy atom. The maximum Gasteiger partial charge on any atom is 0.333 e. The van der Waals surface area contributed by atoms with Crippen LogP contribution >= 0.6 is 0 Å². The molecule has 240 valence electrons. The van der Waals surface area contributed by atoms with Crippen LogP contribution in [0.5, 0.6) is 0 Å². The normalized spacial score (nSPS) is 50.1. The number of ether oxygens (including phenoxy) is 6. The molecule has 44 heavy (non-hydrogen) atoms. The quantitative estimate of drug-likeness (QED) is 0.216. The van der Waals surface area contributed by atoms with E-state index in [1.165, 1.54) is 14.2 Å². The molecular weight excluding hydrogens is 572 g/mol. The van der Waals surface area contributed by atoms with Gasteiger partial charge in [0.25, 0.3) is 0 Å². The zero-order valence-electron chi connectivity index (χ0n) is 26.3. The Kier molecular flexibility index (Phi) is 6.40. The van der Waals surface area contributed by atoms with Crippen molar-refractivity contribution in [2.45, 2.75) is 96.3 Å². The molecule has 3 aliphatic carbocycles. The fourth-order valence-corrected chi connectivity index (χ4v) is 10.7. The van der Waals surface area contributed by atoms with Gasteiger partial charge in [-0.05, 0) is 38.7 Å². The van der Waals surface area contributed by atoms with Crippen LogP contribution in [-0.2, 0) is 42.8 Å². The van der Waals surface area contributed by atoms with Crippen LogP contribution in [0.15, 0.2) is 34.7 Å². The van der Waals surface area contributed by atoms with E-state index in [1.54, 1.807) is 32.4 Å². The van der Waals surface area contributed by atoms with Gasteiger partial charge in [0.05, 0.1) is 43.5 Å². The van der Waals surface area contributed by atoms with E-state index in [2.05, 4.69) is 6.92 Å². The number of carbonyl (C=O) groups is 3. The van der Waals surface area contributed by atoms with Crippen molar-refractivity contribution in [1.29, 1.82) is 0 Å². The SMILES string of the molecule is CC=C(C)C(=O)OC1C2C3OC34C3CC(=O)OC(c5ccoc5)C3(C)CCC4C3(C)C(CC(=O)OC)C1(C)C(OC)OC23O. The molecule has 11 heteroatoms. The fourth-order valence-electron chi connectivity index (χ4n) is 10.7. The summed E-state index contributed by atoms with van der Waals surface area (Å²) in [7, 11) is 2.82. The molecule has 7 fully saturated rings. The first-order chi connectivity index (χ1) is 20.8. The van der Waals surface area contributed by atoms with E-state index in [9.17, 15) is 19.5 Å². The third-order valence-corrected chi connectivity index (χ3v) is 12.9. The maximum absolute atomic E-state index is 13.4. The molecule has 7 aliphatic rings. The van der Waals surface area contributed by atoms with Crippen molar-refractivity contribution in [1.82, 2.24) is 0 Å². The number of methoxy groups -OCH3 is 2. The zero-order chi connectivity index (χ0) is 31.6. The molecule has 13 atom stereocenters. The van der Waals surface area contributed by atoms with Crippen molar-refractivity contribution in [3.63, 3.8) is 0 Å². The van der Waals surface area contributed by atoms with Crippen LogP contribution in [-0.4, -0.2) is 67.1 Å². The van der Waals surface area contributed by atoms with Crippen LogP contribution in [0.3, 0.4) is 0 Å². The van der Waals surface area contributed by atoms with Crippen LogP contribution < -0.4 is 0 Å². The van der Waals surface area contributed by atoms with Crippen LogP contribution in [0.25, 0.3) is 0 Å². The molecule has 4 bridgehead atoms. The van der Waals surface area contributed by atoms with Gasteiger partial charge >= 0.3 is 17.9 Å². The maximum atomic E-state index is 13.4. The summed E-state index contributed by atoms with van der Waals surface area (Å²) in [5, 5.41) is 12.9. The fraction of sp³-hybridized carbons (Fsp3) is 0.727. The first-order valence-corrected chi connectivity index (χ1v) is 15.5. The Morgan fingerprint density at radius 3 is 2.55 bits per heavy atom. The summed E-state index contributed by atoms with van der Waals surface area (Å²) in [5.41, 5.74) is -2.27. The first-order valence-electron chi connectivity index (χ1n) is 15.5. The Morgan fingerprint density at radius 2 is 1.91 bits per heavy atom. The largest absolute Gasteiger partial charge is 0.472 e. The average molecular weight is 615 g/mol. The second-order valence-electron chi connectivity index (χ2n) is 14.4. The lowest BCUT2D eigenvalue weighted by Gasteiger charge is -2.75. The zero-order valence-corrected chi connectivity index (χ0v) is 26.3. The van der Waals surface area contributed by atoms with Gasteiger partial charge in [0, 0.05) is 47.3 Å². The summed E-state index contributed by atoms with van der Waals surface area (Å²) in [4.78, 5) is 39.8. The average Bonchev–Trinajstić information content (AvgIpc) is 3.44. The molecule has 0 radical (unpaired) electrons. The van der Waals surface area contributed by atoms with Gasteiger partial charge in [-0.3, -0.25) is 9.59 Å². The highest BCUT2D eigenvalue weighted by atomic mass is 16.8. The topological polar surface area (TPSA) is 143 Å². The number of aliphatic hydroxyl groups is 1. The Hall–Kier alpha value is -2.73. The molecule has 1 spiro atoms. The minimum absolute atomic E-state index is 0.0583. The van der Waals surface area contributed by atoms with E-state index in [1.807, 2.05) is 19.9 Å². The molecule has 11 nitrogen and oxygen atoms in total. The standard InChI is InChI=1S/C33H42O11/c1-8-16(2)27(36)42-25-23-26-32(43-26)18(9-11-29(3)19(32)13-22(35)41-24(29)17-10-12-40-15-17)31(5)20(14-21(34)38-6)30(25,4)28(39-7)44-33(23,31)37/h8,10,12,15,18-20,23-26,28,37H,9,11,13-14H2,1-7H3. The van der Waals surface area contributed by atoms with E-state index >= 15 is 0 Å². The third-order valence-electron chi connectivity index (χ3n) is 12.9. The van der Waals surface area contributed by atoms with Crippen molar-refractivity contribution in [2.75, 3.05) is 14.2 Å². The van der Waals surface area contributed by atoms with Crippen molar-refractivity contribution in [2.24, 2.45) is 39.9 Å². The number of epoxide rings is 1. The summed E-state index contributed by atoms with van der Waals surface area (Å²) in [6.07, 6.45) is 3.21. The summed E-state index contributed by atoms with van der Waals surface area (Å²) in [5.74, 6) is -5.17. The van der Waals surface area contributed by atoms with E-state index in [4.69, 9.17) is 32.8 Å². The Labute approximate surface area is 256 Å². The smallest absolute Gasteiger partial charge is 0.333 e. The van der Waals surface area contributed by atoms with Crippen molar-refractivity contribution in [3.8, 4) is 0 Å². The van der Waals surface area contributed by atoms with Crippen LogP contribution in [0, 0.1) is 39.9 Å². The summed E-state index contributed by atoms with van der Waals surface area (Å²) in [6, 6.07) is 1.82. The molecule has 8 rings (SSSR count). The summed E-state index contributed by atoms with van der Waals surface area (Å²) >= 11 is 0. The Balaban J connectivity index is 1.41. The minimum atomic E-state index is -1.87. The van der Waals surface area contributed by atoms with Gasteiger partial charge in [-0.15, -0.1) is 0 Å². The number of esters is 3. The Bertz CT molecular complexity index is 1420. The van der Waals surface area contributed by atoms with Gasteiger partial charge in [-0.1, -0.05) is 26.8 Å². The van der Waals surface area contributed by atoms with Crippen LogP contribution in [0.1, 0.15) is 72.0 Å². The third kappa shape index (κ3) is 3.34. The number of fused-ring (bicyclic) bond motifs is 2. The van der Waals surface area contributed by atoms with E-state index in [0.29, 0.717) is 18.4 Å². The molecule has 13 unspecified atom stereocenters. The monoisotopic (exact) mass is 614 g/mol. The molecule has 4 saturated heterocycles. The molecule has 1 aromatic rings. The van der Waals surface area contributed by atoms with Gasteiger partial charge in [-0.25, -0.2) is 4.79 Å².